The van der Waals surface area contributed by atoms with Gasteiger partial charge >= 0.3 is 0 Å². The third kappa shape index (κ3) is 0.870. The van der Waals surface area contributed by atoms with Gasteiger partial charge in [0.1, 0.15) is 0 Å². The molecule has 0 radical (unpaired) electrons. The zero-order chi connectivity index (χ0) is 10.6. The minimum Gasteiger partial charge on any atom is -0.334 e. The van der Waals surface area contributed by atoms with Gasteiger partial charge in [-0.1, -0.05) is 36.4 Å². The van der Waals surface area contributed by atoms with Crippen LogP contribution in [0.1, 0.15) is 24.1 Å². The summed E-state index contributed by atoms with van der Waals surface area (Å²) >= 11 is 0. The maximum Gasteiger partial charge on any atom is 0.237 e. The zero-order valence-electron chi connectivity index (χ0n) is 8.90. The van der Waals surface area contributed by atoms with E-state index in [1.807, 2.05) is 37.1 Å². The van der Waals surface area contributed by atoms with E-state index in [0.717, 1.165) is 0 Å². The first kappa shape index (κ1) is 8.72. The predicted molar refractivity (Wildman–Crippen MR) is 58.4 cm³/mol. The van der Waals surface area contributed by atoms with Crippen molar-refractivity contribution >= 4 is 5.91 Å². The maximum absolute atomic E-state index is 12.1. The van der Waals surface area contributed by atoms with E-state index in [1.165, 1.54) is 11.1 Å². The lowest BCUT2D eigenvalue weighted by Gasteiger charge is -2.46. The summed E-state index contributed by atoms with van der Waals surface area (Å²) in [6, 6.07) is 8.36. The number of rotatable bonds is 0. The fourth-order valence-electron chi connectivity index (χ4n) is 2.72. The molecule has 2 nitrogen and oxygen atoms in total. The standard InChI is InChI=1S/C13H13NO/c1-13-8-7-11(14(2)12(13)15)9-5-3-4-6-10(9)13/h3-8,11H,1-2H3. The molecule has 2 heterocycles. The van der Waals surface area contributed by atoms with Gasteiger partial charge < -0.3 is 4.90 Å². The third-order valence-corrected chi connectivity index (χ3v) is 3.63. The van der Waals surface area contributed by atoms with Gasteiger partial charge in [0.05, 0.1) is 11.5 Å². The number of carbonyl (C=O) groups is 1. The van der Waals surface area contributed by atoms with E-state index < -0.39 is 5.41 Å². The van der Waals surface area contributed by atoms with Crippen LogP contribution < -0.4 is 0 Å². The van der Waals surface area contributed by atoms with E-state index >= 15 is 0 Å². The summed E-state index contributed by atoms with van der Waals surface area (Å²) in [6.45, 7) is 2.00. The lowest BCUT2D eigenvalue weighted by molar-refractivity contribution is -0.137. The molecule has 15 heavy (non-hydrogen) atoms. The van der Waals surface area contributed by atoms with Crippen LogP contribution in [-0.2, 0) is 10.2 Å². The molecule has 3 aliphatic rings. The van der Waals surface area contributed by atoms with Crippen LogP contribution in [0.3, 0.4) is 0 Å². The number of carbonyl (C=O) groups excluding carboxylic acids is 1. The number of benzene rings is 1. The predicted octanol–water partition coefficient (Wildman–Crippen LogP) is 2.03. The maximum atomic E-state index is 12.1. The van der Waals surface area contributed by atoms with Crippen molar-refractivity contribution in [2.24, 2.45) is 0 Å². The van der Waals surface area contributed by atoms with Gasteiger partial charge in [0.2, 0.25) is 5.91 Å². The van der Waals surface area contributed by atoms with Crippen molar-refractivity contribution in [2.45, 2.75) is 18.4 Å². The second-order valence-electron chi connectivity index (χ2n) is 4.51. The quantitative estimate of drug-likeness (QED) is 0.585. The molecule has 76 valence electrons. The Morgan fingerprint density at radius 1 is 1.33 bits per heavy atom. The monoisotopic (exact) mass is 199 g/mol. The molecule has 1 aromatic rings. The van der Waals surface area contributed by atoms with E-state index in [9.17, 15) is 4.79 Å². The summed E-state index contributed by atoms with van der Waals surface area (Å²) in [6.07, 6.45) is 4.17. The Labute approximate surface area is 89.2 Å². The van der Waals surface area contributed by atoms with Crippen LogP contribution in [0.5, 0.6) is 0 Å². The van der Waals surface area contributed by atoms with Gasteiger partial charge in [-0.2, -0.15) is 0 Å². The largest absolute Gasteiger partial charge is 0.334 e. The van der Waals surface area contributed by atoms with Gasteiger partial charge in [0, 0.05) is 7.05 Å². The number of amides is 1. The Hall–Kier alpha value is -1.57. The van der Waals surface area contributed by atoms with Gasteiger partial charge in [-0.3, -0.25) is 4.79 Å². The van der Waals surface area contributed by atoms with Crippen molar-refractivity contribution in [2.75, 3.05) is 7.05 Å². The normalized spacial score (nSPS) is 32.0. The first-order valence-corrected chi connectivity index (χ1v) is 5.20. The summed E-state index contributed by atoms with van der Waals surface area (Å²) in [5, 5.41) is 0. The molecule has 0 saturated carbocycles. The average molecular weight is 199 g/mol. The Morgan fingerprint density at radius 2 is 2.07 bits per heavy atom. The van der Waals surface area contributed by atoms with Crippen molar-refractivity contribution in [1.82, 2.24) is 4.90 Å². The summed E-state index contributed by atoms with van der Waals surface area (Å²) in [5.74, 6) is 0.203. The molecule has 0 N–H and O–H groups in total. The van der Waals surface area contributed by atoms with Crippen LogP contribution in [-0.4, -0.2) is 17.9 Å². The average Bonchev–Trinajstić information content (AvgIpc) is 2.26. The molecule has 0 fully saturated rings. The van der Waals surface area contributed by atoms with Gasteiger partial charge in [-0.25, -0.2) is 0 Å². The van der Waals surface area contributed by atoms with Gasteiger partial charge in [0.25, 0.3) is 0 Å². The number of nitrogens with zero attached hydrogens (tertiary/aromatic N) is 1. The van der Waals surface area contributed by atoms with Crippen molar-refractivity contribution in [1.29, 1.82) is 0 Å². The molecule has 0 saturated heterocycles. The van der Waals surface area contributed by atoms with Crippen LogP contribution in [0.4, 0.5) is 0 Å². The van der Waals surface area contributed by atoms with E-state index in [2.05, 4.69) is 18.2 Å². The molecule has 4 rings (SSSR count). The molecule has 2 unspecified atom stereocenters. The molecular weight excluding hydrogens is 186 g/mol. The van der Waals surface area contributed by atoms with E-state index in [-0.39, 0.29) is 11.9 Å². The molecule has 1 aromatic carbocycles. The summed E-state index contributed by atoms with van der Waals surface area (Å²) in [4.78, 5) is 14.0. The van der Waals surface area contributed by atoms with Crippen LogP contribution in [0.15, 0.2) is 36.4 Å². The summed E-state index contributed by atoms with van der Waals surface area (Å²) in [5.41, 5.74) is 1.99. The van der Waals surface area contributed by atoms with Crippen LogP contribution in [0.25, 0.3) is 0 Å². The fraction of sp³-hybridized carbons (Fsp3) is 0.308. The van der Waals surface area contributed by atoms with E-state index in [4.69, 9.17) is 0 Å². The Kier molecular flexibility index (Phi) is 1.46. The highest BCUT2D eigenvalue weighted by molar-refractivity contribution is 5.94. The van der Waals surface area contributed by atoms with E-state index in [1.54, 1.807) is 0 Å². The first-order valence-electron chi connectivity index (χ1n) is 5.20. The second-order valence-corrected chi connectivity index (χ2v) is 4.51. The topological polar surface area (TPSA) is 20.3 Å². The molecule has 2 bridgehead atoms. The molecule has 1 aliphatic carbocycles. The Morgan fingerprint density at radius 3 is 2.87 bits per heavy atom. The van der Waals surface area contributed by atoms with Crippen molar-refractivity contribution in [3.05, 3.63) is 47.5 Å². The number of likely N-dealkylation sites (N-methyl/N-ethyl adjacent to an activating group) is 1. The summed E-state index contributed by atoms with van der Waals surface area (Å²) in [7, 11) is 1.88. The SMILES string of the molecule is CN1C(=O)C2(C)C=CC1c1ccccc12. The number of hydrogen-bond donors (Lipinski definition) is 0. The van der Waals surface area contributed by atoms with Gasteiger partial charge in [0.15, 0.2) is 0 Å². The minimum atomic E-state index is -0.444. The van der Waals surface area contributed by atoms with Crippen LogP contribution in [0.2, 0.25) is 0 Å². The minimum absolute atomic E-state index is 0.135. The lowest BCUT2D eigenvalue weighted by atomic mass is 9.69. The number of fused-ring (bicyclic) bond motifs is 1. The molecule has 1 amide bonds. The van der Waals surface area contributed by atoms with Gasteiger partial charge in [-0.15, -0.1) is 0 Å². The van der Waals surface area contributed by atoms with Crippen LogP contribution >= 0.6 is 0 Å². The van der Waals surface area contributed by atoms with Gasteiger partial charge in [-0.05, 0) is 18.1 Å². The summed E-state index contributed by atoms with van der Waals surface area (Å²) < 4.78 is 0. The van der Waals surface area contributed by atoms with E-state index in [0.29, 0.717) is 0 Å². The molecular formula is C13H13NO. The molecule has 2 heteroatoms. The van der Waals surface area contributed by atoms with Crippen LogP contribution in [0, 0.1) is 0 Å². The zero-order valence-corrected chi connectivity index (χ0v) is 8.90. The molecule has 2 atom stereocenters. The Bertz CT molecular complexity index is 477. The van der Waals surface area contributed by atoms with Crippen molar-refractivity contribution in [3.8, 4) is 0 Å². The Balaban J connectivity index is 2.34. The smallest absolute Gasteiger partial charge is 0.237 e. The van der Waals surface area contributed by atoms with Crippen molar-refractivity contribution in [3.63, 3.8) is 0 Å². The fourth-order valence-corrected chi connectivity index (χ4v) is 2.72. The third-order valence-electron chi connectivity index (χ3n) is 3.63. The molecule has 0 spiro atoms. The lowest BCUT2D eigenvalue weighted by Crippen LogP contribution is -2.51. The molecule has 2 aliphatic heterocycles. The van der Waals surface area contributed by atoms with Crippen molar-refractivity contribution < 1.29 is 4.79 Å². The highest BCUT2D eigenvalue weighted by Crippen LogP contribution is 2.45. The highest BCUT2D eigenvalue weighted by atomic mass is 16.2. The molecule has 0 aromatic heterocycles. The first-order chi connectivity index (χ1) is 7.14. The highest BCUT2D eigenvalue weighted by Gasteiger charge is 2.47. The number of hydrogen-bond acceptors (Lipinski definition) is 1. The second kappa shape index (κ2) is 2.51.